The van der Waals surface area contributed by atoms with E-state index in [0.717, 1.165) is 6.07 Å². The summed E-state index contributed by atoms with van der Waals surface area (Å²) < 4.78 is 4.76. The van der Waals surface area contributed by atoms with Crippen molar-refractivity contribution in [1.82, 2.24) is 0 Å². The van der Waals surface area contributed by atoms with Gasteiger partial charge in [-0.3, -0.25) is 9.59 Å². The van der Waals surface area contributed by atoms with Gasteiger partial charge in [-0.25, -0.2) is 0 Å². The summed E-state index contributed by atoms with van der Waals surface area (Å²) in [5.41, 5.74) is -0.784. The first kappa shape index (κ1) is 10.7. The molecule has 0 saturated carbocycles. The lowest BCUT2D eigenvalue weighted by Crippen LogP contribution is -2.10. The van der Waals surface area contributed by atoms with E-state index in [0.29, 0.717) is 0 Å². The molecule has 14 heavy (non-hydrogen) atoms. The van der Waals surface area contributed by atoms with Gasteiger partial charge in [0.2, 0.25) is 22.7 Å². The average molecular weight is 219 g/mol. The molecule has 5 nitrogen and oxygen atoms in total. The van der Waals surface area contributed by atoms with Crippen molar-refractivity contribution in [2.24, 2.45) is 0 Å². The van der Waals surface area contributed by atoms with Crippen molar-refractivity contribution in [3.8, 4) is 5.75 Å². The second kappa shape index (κ2) is 4.26. The number of rotatable bonds is 3. The second-order valence-electron chi connectivity index (χ2n) is 2.47. The number of hydrogen-bond acceptors (Lipinski definition) is 5. The van der Waals surface area contributed by atoms with Crippen LogP contribution in [0.15, 0.2) is 15.3 Å². The molecular weight excluding hydrogens is 212 g/mol. The summed E-state index contributed by atoms with van der Waals surface area (Å²) in [6.07, 6.45) is 0. The van der Waals surface area contributed by atoms with Gasteiger partial charge in [-0.1, -0.05) is 0 Å². The molecule has 1 rings (SSSR count). The fraction of sp³-hybridized carbons (Fsp3) is 0.250. The van der Waals surface area contributed by atoms with Crippen LogP contribution in [0.2, 0.25) is 0 Å². The maximum atomic E-state index is 11.0. The number of hydrogen-bond donors (Lipinski definition) is 2. The van der Waals surface area contributed by atoms with E-state index in [2.05, 4.69) is 0 Å². The van der Waals surface area contributed by atoms with Gasteiger partial charge in [0.25, 0.3) is 0 Å². The summed E-state index contributed by atoms with van der Waals surface area (Å²) in [6, 6.07) is 0.903. The Labute approximate surface area is 83.5 Å². The fourth-order valence-electron chi connectivity index (χ4n) is 0.863. The van der Waals surface area contributed by atoms with Crippen molar-refractivity contribution in [3.63, 3.8) is 0 Å². The Balaban J connectivity index is 3.34. The lowest BCUT2D eigenvalue weighted by Gasteiger charge is -2.01. The van der Waals surface area contributed by atoms with E-state index < -0.39 is 35.2 Å². The molecule has 1 heterocycles. The third-order valence-electron chi connectivity index (χ3n) is 1.50. The van der Waals surface area contributed by atoms with Gasteiger partial charge in [-0.15, -0.1) is 11.6 Å². The molecule has 0 spiro atoms. The predicted octanol–water partition coefficient (Wildman–Crippen LogP) is 0.259. The van der Waals surface area contributed by atoms with E-state index in [4.69, 9.17) is 26.2 Å². The Bertz CT molecular complexity index is 409. The largest absolute Gasteiger partial charge is 0.501 e. The maximum Gasteiger partial charge on any atom is 0.227 e. The Morgan fingerprint density at radius 3 is 2.71 bits per heavy atom. The highest BCUT2D eigenvalue weighted by Crippen LogP contribution is 2.14. The van der Waals surface area contributed by atoms with Crippen molar-refractivity contribution in [3.05, 3.63) is 27.8 Å². The quantitative estimate of drug-likeness (QED) is 0.561. The van der Waals surface area contributed by atoms with Gasteiger partial charge >= 0.3 is 0 Å². The lowest BCUT2D eigenvalue weighted by atomic mass is 10.2. The minimum absolute atomic E-state index is 0.0960. The molecule has 0 amide bonds. The van der Waals surface area contributed by atoms with Crippen LogP contribution in [0, 0.1) is 0 Å². The van der Waals surface area contributed by atoms with Crippen LogP contribution in [0.4, 0.5) is 0 Å². The molecule has 1 aromatic heterocycles. The molecular formula is C8H7ClO5. The number of aromatic hydroxyl groups is 1. The van der Waals surface area contributed by atoms with Crippen molar-refractivity contribution < 1.29 is 19.4 Å². The van der Waals surface area contributed by atoms with Crippen LogP contribution in [0.3, 0.4) is 0 Å². The van der Waals surface area contributed by atoms with E-state index >= 15 is 0 Å². The first-order chi connectivity index (χ1) is 6.60. The van der Waals surface area contributed by atoms with Gasteiger partial charge in [-0.2, -0.15) is 0 Å². The number of carbonyl (C=O) groups excluding carboxylic acids is 1. The summed E-state index contributed by atoms with van der Waals surface area (Å²) in [5.74, 6) is -2.52. The molecule has 0 radical (unpaired) electrons. The Hall–Kier alpha value is -1.33. The minimum Gasteiger partial charge on any atom is -0.501 e. The average Bonchev–Trinajstić information content (AvgIpc) is 2.20. The van der Waals surface area contributed by atoms with Crippen LogP contribution < -0.4 is 5.43 Å². The first-order valence-electron chi connectivity index (χ1n) is 3.66. The zero-order valence-corrected chi connectivity index (χ0v) is 7.74. The smallest absolute Gasteiger partial charge is 0.227 e. The van der Waals surface area contributed by atoms with Gasteiger partial charge < -0.3 is 14.6 Å². The van der Waals surface area contributed by atoms with Crippen molar-refractivity contribution >= 4 is 17.4 Å². The van der Waals surface area contributed by atoms with Crippen molar-refractivity contribution in [1.29, 1.82) is 0 Å². The van der Waals surface area contributed by atoms with E-state index in [-0.39, 0.29) is 5.76 Å². The maximum absolute atomic E-state index is 11.0. The number of ketones is 1. The monoisotopic (exact) mass is 218 g/mol. The number of aliphatic hydroxyl groups is 1. The molecule has 0 bridgehead atoms. The molecule has 0 atom stereocenters. The molecule has 0 aliphatic carbocycles. The van der Waals surface area contributed by atoms with Gasteiger partial charge in [0, 0.05) is 6.07 Å². The third-order valence-corrected chi connectivity index (χ3v) is 1.75. The molecule has 0 aliphatic heterocycles. The second-order valence-corrected chi connectivity index (χ2v) is 2.74. The highest BCUT2D eigenvalue weighted by Gasteiger charge is 2.17. The Kier molecular flexibility index (Phi) is 3.27. The SMILES string of the molecule is O=C(CCl)c1oc(CO)cc(=O)c1O. The topological polar surface area (TPSA) is 87.7 Å². The van der Waals surface area contributed by atoms with Crippen LogP contribution in [0.25, 0.3) is 0 Å². The van der Waals surface area contributed by atoms with Crippen molar-refractivity contribution in [2.45, 2.75) is 6.61 Å². The Morgan fingerprint density at radius 2 is 2.21 bits per heavy atom. The van der Waals surface area contributed by atoms with Crippen LogP contribution in [-0.4, -0.2) is 21.9 Å². The zero-order valence-electron chi connectivity index (χ0n) is 6.99. The lowest BCUT2D eigenvalue weighted by molar-refractivity contribution is 0.0976. The molecule has 0 aromatic carbocycles. The van der Waals surface area contributed by atoms with E-state index in [9.17, 15) is 9.59 Å². The molecule has 2 N–H and O–H groups in total. The molecule has 0 unspecified atom stereocenters. The number of Topliss-reactive ketones (excluding diaryl/α,β-unsaturated/α-hetero) is 1. The van der Waals surface area contributed by atoms with E-state index in [1.807, 2.05) is 0 Å². The third kappa shape index (κ3) is 1.94. The first-order valence-corrected chi connectivity index (χ1v) is 4.19. The molecule has 6 heteroatoms. The molecule has 0 aliphatic rings. The molecule has 0 saturated heterocycles. The van der Waals surface area contributed by atoms with Crippen LogP contribution in [0.5, 0.6) is 5.75 Å². The Morgan fingerprint density at radius 1 is 1.57 bits per heavy atom. The summed E-state index contributed by atoms with van der Waals surface area (Å²) in [7, 11) is 0. The van der Waals surface area contributed by atoms with Gasteiger partial charge in [-0.05, 0) is 0 Å². The standard InChI is InChI=1S/C8H7ClO5/c9-2-6(12)8-7(13)5(11)1-4(3-10)14-8/h1,10,13H,2-3H2. The number of alkyl halides is 1. The van der Waals surface area contributed by atoms with Crippen LogP contribution in [0.1, 0.15) is 16.3 Å². The predicted molar refractivity (Wildman–Crippen MR) is 47.6 cm³/mol. The van der Waals surface area contributed by atoms with Crippen molar-refractivity contribution in [2.75, 3.05) is 5.88 Å². The fourth-order valence-corrected chi connectivity index (χ4v) is 0.984. The van der Waals surface area contributed by atoms with E-state index in [1.54, 1.807) is 0 Å². The summed E-state index contributed by atoms with van der Waals surface area (Å²) in [5, 5.41) is 17.8. The van der Waals surface area contributed by atoms with Crippen LogP contribution >= 0.6 is 11.6 Å². The summed E-state index contributed by atoms with van der Waals surface area (Å²) in [4.78, 5) is 22.1. The van der Waals surface area contributed by atoms with Gasteiger partial charge in [0.15, 0.2) is 0 Å². The summed E-state index contributed by atoms with van der Waals surface area (Å²) >= 11 is 5.22. The van der Waals surface area contributed by atoms with Crippen LogP contribution in [-0.2, 0) is 6.61 Å². The number of carbonyl (C=O) groups is 1. The normalized spacial score (nSPS) is 10.1. The number of aliphatic hydroxyl groups excluding tert-OH is 1. The number of halogens is 1. The molecule has 76 valence electrons. The highest BCUT2D eigenvalue weighted by atomic mass is 35.5. The summed E-state index contributed by atoms with van der Waals surface area (Å²) in [6.45, 7) is -0.530. The van der Waals surface area contributed by atoms with Gasteiger partial charge in [0.1, 0.15) is 12.4 Å². The van der Waals surface area contributed by atoms with E-state index in [1.165, 1.54) is 0 Å². The zero-order chi connectivity index (χ0) is 10.7. The minimum atomic E-state index is -0.784. The highest BCUT2D eigenvalue weighted by molar-refractivity contribution is 6.30. The molecule has 1 aromatic rings. The van der Waals surface area contributed by atoms with Gasteiger partial charge in [0.05, 0.1) is 5.88 Å². The molecule has 0 fully saturated rings.